The van der Waals surface area contributed by atoms with E-state index in [1.54, 1.807) is 0 Å². The molecule has 0 aromatic heterocycles. The fourth-order valence-corrected chi connectivity index (χ4v) is 3.33. The lowest BCUT2D eigenvalue weighted by Gasteiger charge is -2.24. The molecule has 1 N–H and O–H groups in total. The van der Waals surface area contributed by atoms with Crippen LogP contribution in [0.25, 0.3) is 0 Å². The summed E-state index contributed by atoms with van der Waals surface area (Å²) in [7, 11) is 0. The third-order valence-electron chi connectivity index (χ3n) is 4.61. The quantitative estimate of drug-likeness (QED) is 0.867. The number of nitrogens with zero attached hydrogens (tertiary/aromatic N) is 1. The van der Waals surface area contributed by atoms with E-state index in [1.165, 1.54) is 30.7 Å². The minimum Gasteiger partial charge on any atom is -0.341 e. The van der Waals surface area contributed by atoms with Crippen LogP contribution >= 0.6 is 0 Å². The summed E-state index contributed by atoms with van der Waals surface area (Å²) in [5.74, 6) is -0.424. The number of benzene rings is 1. The van der Waals surface area contributed by atoms with Gasteiger partial charge in [0.15, 0.2) is 5.78 Å². The molecule has 0 aliphatic carbocycles. The summed E-state index contributed by atoms with van der Waals surface area (Å²) in [6.45, 7) is 1.53. The van der Waals surface area contributed by atoms with Crippen LogP contribution in [0.5, 0.6) is 0 Å². The molecule has 2 saturated heterocycles. The summed E-state index contributed by atoms with van der Waals surface area (Å²) >= 11 is 0. The molecule has 22 heavy (non-hydrogen) atoms. The molecule has 0 radical (unpaired) electrons. The normalized spacial score (nSPS) is 24.1. The van der Waals surface area contributed by atoms with Gasteiger partial charge in [-0.15, -0.1) is 0 Å². The van der Waals surface area contributed by atoms with Gasteiger partial charge in [-0.1, -0.05) is 0 Å². The SMILES string of the molecule is O=C(CCC(=O)N1CCC2CCC(C1)N2)c1ccc(F)cc1. The van der Waals surface area contributed by atoms with Gasteiger partial charge in [-0.05, 0) is 43.5 Å². The van der Waals surface area contributed by atoms with Crippen LogP contribution in [0.2, 0.25) is 0 Å². The topological polar surface area (TPSA) is 49.4 Å². The lowest BCUT2D eigenvalue weighted by Crippen LogP contribution is -2.39. The molecule has 0 saturated carbocycles. The first-order valence-electron chi connectivity index (χ1n) is 7.94. The first-order valence-corrected chi connectivity index (χ1v) is 7.94. The van der Waals surface area contributed by atoms with E-state index in [0.717, 1.165) is 25.9 Å². The van der Waals surface area contributed by atoms with Crippen molar-refractivity contribution in [1.29, 1.82) is 0 Å². The van der Waals surface area contributed by atoms with Crippen LogP contribution in [0.3, 0.4) is 0 Å². The van der Waals surface area contributed by atoms with Crippen LogP contribution in [0.4, 0.5) is 4.39 Å². The third kappa shape index (κ3) is 3.53. The Morgan fingerprint density at radius 1 is 1.09 bits per heavy atom. The van der Waals surface area contributed by atoms with Gasteiger partial charge in [-0.2, -0.15) is 0 Å². The number of carbonyl (C=O) groups excluding carboxylic acids is 2. The molecule has 3 rings (SSSR count). The molecule has 2 bridgehead atoms. The minimum absolute atomic E-state index is 0.0461. The zero-order valence-electron chi connectivity index (χ0n) is 12.6. The fourth-order valence-electron chi connectivity index (χ4n) is 3.33. The molecule has 2 fully saturated rings. The number of rotatable bonds is 4. The Morgan fingerprint density at radius 2 is 1.82 bits per heavy atom. The lowest BCUT2D eigenvalue weighted by atomic mass is 10.0. The molecule has 2 atom stereocenters. The second kappa shape index (κ2) is 6.57. The van der Waals surface area contributed by atoms with Crippen molar-refractivity contribution in [2.75, 3.05) is 13.1 Å². The van der Waals surface area contributed by atoms with Crippen molar-refractivity contribution in [2.24, 2.45) is 0 Å². The maximum Gasteiger partial charge on any atom is 0.223 e. The molecule has 2 aliphatic heterocycles. The molecule has 4 nitrogen and oxygen atoms in total. The Kier molecular flexibility index (Phi) is 4.52. The monoisotopic (exact) mass is 304 g/mol. The van der Waals surface area contributed by atoms with Crippen molar-refractivity contribution in [3.8, 4) is 0 Å². The highest BCUT2D eigenvalue weighted by atomic mass is 19.1. The van der Waals surface area contributed by atoms with Crippen LogP contribution in [0.1, 0.15) is 42.5 Å². The summed E-state index contributed by atoms with van der Waals surface area (Å²) in [6.07, 6.45) is 3.74. The number of halogens is 1. The van der Waals surface area contributed by atoms with Gasteiger partial charge in [-0.3, -0.25) is 9.59 Å². The first-order chi connectivity index (χ1) is 10.6. The Labute approximate surface area is 129 Å². The number of ketones is 1. The van der Waals surface area contributed by atoms with E-state index in [2.05, 4.69) is 5.32 Å². The highest BCUT2D eigenvalue weighted by molar-refractivity contribution is 5.97. The minimum atomic E-state index is -0.361. The van der Waals surface area contributed by atoms with Crippen molar-refractivity contribution < 1.29 is 14.0 Å². The second-order valence-electron chi connectivity index (χ2n) is 6.20. The number of carbonyl (C=O) groups is 2. The van der Waals surface area contributed by atoms with E-state index in [-0.39, 0.29) is 30.3 Å². The number of nitrogens with one attached hydrogen (secondary N) is 1. The molecule has 5 heteroatoms. The van der Waals surface area contributed by atoms with E-state index in [4.69, 9.17) is 0 Å². The van der Waals surface area contributed by atoms with Gasteiger partial charge >= 0.3 is 0 Å². The molecule has 0 spiro atoms. The maximum atomic E-state index is 12.8. The number of hydrogen-bond acceptors (Lipinski definition) is 3. The molecule has 1 amide bonds. The van der Waals surface area contributed by atoms with Gasteiger partial charge < -0.3 is 10.2 Å². The van der Waals surface area contributed by atoms with Crippen LogP contribution in [-0.2, 0) is 4.79 Å². The summed E-state index contributed by atoms with van der Waals surface area (Å²) in [4.78, 5) is 26.2. The van der Waals surface area contributed by atoms with Crippen molar-refractivity contribution in [2.45, 2.75) is 44.2 Å². The Balaban J connectivity index is 1.51. The van der Waals surface area contributed by atoms with Gasteiger partial charge in [0, 0.05) is 43.6 Å². The molecule has 1 aromatic carbocycles. The van der Waals surface area contributed by atoms with Gasteiger partial charge in [0.1, 0.15) is 5.82 Å². The number of hydrogen-bond donors (Lipinski definition) is 1. The summed E-state index contributed by atoms with van der Waals surface area (Å²) in [5.41, 5.74) is 0.464. The zero-order chi connectivity index (χ0) is 15.5. The Hall–Kier alpha value is -1.75. The van der Waals surface area contributed by atoms with Gasteiger partial charge in [0.05, 0.1) is 0 Å². The number of likely N-dealkylation sites (tertiary alicyclic amines) is 1. The number of amides is 1. The Morgan fingerprint density at radius 3 is 2.59 bits per heavy atom. The summed E-state index contributed by atoms with van der Waals surface area (Å²) in [6, 6.07) is 6.43. The van der Waals surface area contributed by atoms with E-state index in [9.17, 15) is 14.0 Å². The van der Waals surface area contributed by atoms with Crippen molar-refractivity contribution in [3.05, 3.63) is 35.6 Å². The predicted molar refractivity (Wildman–Crippen MR) is 81.1 cm³/mol. The highest BCUT2D eigenvalue weighted by Gasteiger charge is 2.30. The zero-order valence-corrected chi connectivity index (χ0v) is 12.6. The molecule has 2 aliphatic rings. The van der Waals surface area contributed by atoms with Crippen molar-refractivity contribution >= 4 is 11.7 Å². The predicted octanol–water partition coefficient (Wildman–Crippen LogP) is 2.14. The van der Waals surface area contributed by atoms with Crippen LogP contribution < -0.4 is 5.32 Å². The molecule has 2 heterocycles. The third-order valence-corrected chi connectivity index (χ3v) is 4.61. The second-order valence-corrected chi connectivity index (χ2v) is 6.20. The van der Waals surface area contributed by atoms with Gasteiger partial charge in [0.25, 0.3) is 0 Å². The standard InChI is InChI=1S/C17H21FN2O2/c18-13-3-1-12(2-4-13)16(21)7-8-17(22)20-10-9-14-5-6-15(11-20)19-14/h1-4,14-15,19H,5-11H2. The smallest absolute Gasteiger partial charge is 0.223 e. The summed E-state index contributed by atoms with van der Waals surface area (Å²) in [5, 5.41) is 3.54. The maximum absolute atomic E-state index is 12.8. The number of fused-ring (bicyclic) bond motifs is 2. The highest BCUT2D eigenvalue weighted by Crippen LogP contribution is 2.21. The molecular weight excluding hydrogens is 283 g/mol. The molecule has 2 unspecified atom stereocenters. The lowest BCUT2D eigenvalue weighted by molar-refractivity contribution is -0.131. The van der Waals surface area contributed by atoms with Crippen LogP contribution in [-0.4, -0.2) is 41.8 Å². The number of Topliss-reactive ketones (excluding diaryl/α,β-unsaturated/α-hetero) is 1. The molecular formula is C17H21FN2O2. The van der Waals surface area contributed by atoms with Gasteiger partial charge in [-0.25, -0.2) is 4.39 Å². The fraction of sp³-hybridized carbons (Fsp3) is 0.529. The largest absolute Gasteiger partial charge is 0.341 e. The van der Waals surface area contributed by atoms with Crippen molar-refractivity contribution in [1.82, 2.24) is 10.2 Å². The van der Waals surface area contributed by atoms with Crippen molar-refractivity contribution in [3.63, 3.8) is 0 Å². The summed E-state index contributed by atoms with van der Waals surface area (Å²) < 4.78 is 12.8. The van der Waals surface area contributed by atoms with Crippen LogP contribution in [0, 0.1) is 5.82 Å². The average molecular weight is 304 g/mol. The Bertz CT molecular complexity index is 558. The van der Waals surface area contributed by atoms with E-state index < -0.39 is 0 Å². The van der Waals surface area contributed by atoms with E-state index >= 15 is 0 Å². The van der Waals surface area contributed by atoms with Crippen LogP contribution in [0.15, 0.2) is 24.3 Å². The van der Waals surface area contributed by atoms with E-state index in [0.29, 0.717) is 17.6 Å². The average Bonchev–Trinajstić information content (AvgIpc) is 2.84. The van der Waals surface area contributed by atoms with Gasteiger partial charge in [0.2, 0.25) is 5.91 Å². The first kappa shape index (κ1) is 15.2. The molecule has 1 aromatic rings. The van der Waals surface area contributed by atoms with E-state index in [1.807, 2.05) is 4.90 Å². The molecule has 118 valence electrons.